The smallest absolute Gasteiger partial charge is 0.0476 e. The van der Waals surface area contributed by atoms with Crippen LogP contribution < -0.4 is 0 Å². The van der Waals surface area contributed by atoms with Crippen molar-refractivity contribution in [3.8, 4) is 39.7 Å². The van der Waals surface area contributed by atoms with Gasteiger partial charge < -0.3 is 9.97 Å². The average Bonchev–Trinajstić information content (AvgIpc) is 2.94. The molecule has 0 fully saturated rings. The van der Waals surface area contributed by atoms with Crippen molar-refractivity contribution in [1.82, 2.24) is 9.97 Å². The van der Waals surface area contributed by atoms with Crippen LogP contribution in [0.5, 0.6) is 0 Å². The second kappa shape index (κ2) is 12.4. The molecule has 0 bridgehead atoms. The summed E-state index contributed by atoms with van der Waals surface area (Å²) in [6, 6.07) is 38.6. The SMILES string of the molecule is [2H]C([2H])([2H])c1ccc(-c2[c-]cc(C#N)cc2)nc1.[Ir].[c-]1ccccc1-c1cc(-c2ccccc2)ccn1. The van der Waals surface area contributed by atoms with Crippen LogP contribution in [0.15, 0.2) is 109 Å². The van der Waals surface area contributed by atoms with Gasteiger partial charge in [-0.05, 0) is 46.6 Å². The number of nitriles is 1. The van der Waals surface area contributed by atoms with Crippen molar-refractivity contribution in [2.75, 3.05) is 0 Å². The third-order valence-electron chi connectivity index (χ3n) is 4.83. The second-order valence-corrected chi connectivity index (χ2v) is 7.11. The first-order valence-electron chi connectivity index (χ1n) is 11.8. The molecule has 2 heterocycles. The molecule has 0 amide bonds. The minimum absolute atomic E-state index is 0. The van der Waals surface area contributed by atoms with E-state index < -0.39 is 6.85 Å². The van der Waals surface area contributed by atoms with E-state index >= 15 is 0 Å². The van der Waals surface area contributed by atoms with Crippen LogP contribution in [0.1, 0.15) is 15.2 Å². The van der Waals surface area contributed by atoms with Crippen molar-refractivity contribution in [2.45, 2.75) is 6.85 Å². The van der Waals surface area contributed by atoms with E-state index in [9.17, 15) is 0 Å². The Morgan fingerprint density at radius 1 is 0.794 bits per heavy atom. The van der Waals surface area contributed by atoms with Crippen molar-refractivity contribution in [3.05, 3.63) is 133 Å². The molecule has 0 unspecified atom stereocenters. The molecule has 0 aliphatic carbocycles. The summed E-state index contributed by atoms with van der Waals surface area (Å²) < 4.78 is 21.8. The maximum Gasteiger partial charge on any atom is 0.0476 e. The zero-order valence-electron chi connectivity index (χ0n) is 21.1. The molecule has 34 heavy (non-hydrogen) atoms. The van der Waals surface area contributed by atoms with Crippen molar-refractivity contribution < 1.29 is 24.2 Å². The van der Waals surface area contributed by atoms with E-state index in [1.807, 2.05) is 60.8 Å². The van der Waals surface area contributed by atoms with Crippen molar-refractivity contribution >= 4 is 0 Å². The summed E-state index contributed by atoms with van der Waals surface area (Å²) in [6.07, 6.45) is 3.19. The molecule has 3 aromatic carbocycles. The first-order valence-corrected chi connectivity index (χ1v) is 10.3. The molecule has 0 saturated heterocycles. The molecule has 0 spiro atoms. The summed E-state index contributed by atoms with van der Waals surface area (Å²) in [5.41, 5.74) is 6.46. The normalized spacial score (nSPS) is 11.3. The minimum Gasteiger partial charge on any atom is -0.305 e. The maximum atomic E-state index is 8.68. The molecule has 2 aromatic heterocycles. The van der Waals surface area contributed by atoms with Crippen LogP contribution in [0, 0.1) is 30.3 Å². The number of pyridine rings is 2. The Bertz CT molecular complexity index is 1390. The van der Waals surface area contributed by atoms with Crippen LogP contribution in [0.2, 0.25) is 0 Å². The van der Waals surface area contributed by atoms with Gasteiger partial charge in [0.2, 0.25) is 0 Å². The zero-order valence-corrected chi connectivity index (χ0v) is 20.5. The van der Waals surface area contributed by atoms with Gasteiger partial charge >= 0.3 is 0 Å². The molecule has 0 saturated carbocycles. The number of aryl methyl sites for hydroxylation is 1. The molecule has 0 atom stereocenters. The van der Waals surface area contributed by atoms with Crippen molar-refractivity contribution in [2.24, 2.45) is 0 Å². The van der Waals surface area contributed by atoms with Crippen LogP contribution in [0.3, 0.4) is 0 Å². The van der Waals surface area contributed by atoms with E-state index in [4.69, 9.17) is 9.37 Å². The predicted molar refractivity (Wildman–Crippen MR) is 132 cm³/mol. The zero-order chi connectivity index (χ0) is 25.4. The molecule has 0 aliphatic heterocycles. The van der Waals surface area contributed by atoms with Gasteiger partial charge in [-0.2, -0.15) is 0 Å². The Hall–Kier alpha value is -3.90. The van der Waals surface area contributed by atoms with Gasteiger partial charge in [-0.3, -0.25) is 0 Å². The number of hydrogen-bond acceptors (Lipinski definition) is 3. The third kappa shape index (κ3) is 6.56. The van der Waals surface area contributed by atoms with Crippen LogP contribution in [0.4, 0.5) is 0 Å². The van der Waals surface area contributed by atoms with E-state index in [0.29, 0.717) is 11.3 Å². The monoisotopic (exact) mass is 619 g/mol. The second-order valence-electron chi connectivity index (χ2n) is 7.11. The van der Waals surface area contributed by atoms with Gasteiger partial charge in [-0.15, -0.1) is 65.7 Å². The quantitative estimate of drug-likeness (QED) is 0.206. The molecule has 3 nitrogen and oxygen atoms in total. The molecule has 167 valence electrons. The predicted octanol–water partition coefficient (Wildman–Crippen LogP) is 6.94. The van der Waals surface area contributed by atoms with Gasteiger partial charge in [0, 0.05) is 42.7 Å². The summed E-state index contributed by atoms with van der Waals surface area (Å²) >= 11 is 0. The first-order chi connectivity index (χ1) is 17.4. The number of aromatic nitrogens is 2. The van der Waals surface area contributed by atoms with E-state index in [-0.39, 0.29) is 25.7 Å². The van der Waals surface area contributed by atoms with E-state index in [0.717, 1.165) is 16.8 Å². The average molecular weight is 619 g/mol. The number of benzene rings is 3. The molecule has 5 aromatic rings. The van der Waals surface area contributed by atoms with Crippen LogP contribution >= 0.6 is 0 Å². The molecule has 0 N–H and O–H groups in total. The Kier molecular flexibility index (Phi) is 7.53. The molecule has 1 radical (unpaired) electrons. The van der Waals surface area contributed by atoms with Gasteiger partial charge in [0.15, 0.2) is 0 Å². The Balaban J connectivity index is 0.000000200. The van der Waals surface area contributed by atoms with E-state index in [1.165, 1.54) is 23.4 Å². The first kappa shape index (κ1) is 20.7. The van der Waals surface area contributed by atoms with Crippen LogP contribution in [-0.4, -0.2) is 9.97 Å². The Morgan fingerprint density at radius 3 is 2.26 bits per heavy atom. The summed E-state index contributed by atoms with van der Waals surface area (Å²) in [7, 11) is 0. The van der Waals surface area contributed by atoms with Gasteiger partial charge in [0.25, 0.3) is 0 Å². The van der Waals surface area contributed by atoms with Crippen molar-refractivity contribution in [3.63, 3.8) is 0 Å². The standard InChI is InChI=1S/C17H12N.C13H9N2.Ir/c1-3-7-14(8-4-1)16-11-12-18-17(13-16)15-9-5-2-6-10-15;1-10-2-7-13(15-9-10)12-5-3-11(8-14)4-6-12;/h1-9,11-13H;2-5,7,9H,1H3;/q2*-1;/i;1D3;. The van der Waals surface area contributed by atoms with Gasteiger partial charge in [-0.25, -0.2) is 5.26 Å². The van der Waals surface area contributed by atoms with E-state index in [1.54, 1.807) is 24.3 Å². The van der Waals surface area contributed by atoms with Gasteiger partial charge in [0.05, 0.1) is 0 Å². The molecular formula is C30H21IrN3-2. The summed E-state index contributed by atoms with van der Waals surface area (Å²) in [6.45, 7) is -2.14. The molecular weight excluding hydrogens is 595 g/mol. The van der Waals surface area contributed by atoms with Crippen molar-refractivity contribution in [1.29, 1.82) is 5.26 Å². The Labute approximate surface area is 218 Å². The number of rotatable bonds is 3. The number of hydrogen-bond donors (Lipinski definition) is 0. The Morgan fingerprint density at radius 2 is 1.62 bits per heavy atom. The van der Waals surface area contributed by atoms with Gasteiger partial charge in [-0.1, -0.05) is 48.5 Å². The van der Waals surface area contributed by atoms with Crippen LogP contribution in [-0.2, 0) is 20.1 Å². The fourth-order valence-electron chi connectivity index (χ4n) is 3.15. The molecule has 0 aliphatic rings. The maximum absolute atomic E-state index is 8.68. The summed E-state index contributed by atoms with van der Waals surface area (Å²) in [4.78, 5) is 8.50. The van der Waals surface area contributed by atoms with E-state index in [2.05, 4.69) is 40.3 Å². The topological polar surface area (TPSA) is 49.6 Å². The fourth-order valence-corrected chi connectivity index (χ4v) is 3.15. The molecule has 4 heteroatoms. The van der Waals surface area contributed by atoms with Gasteiger partial charge in [0.1, 0.15) is 0 Å². The fraction of sp³-hybridized carbons (Fsp3) is 0.0333. The summed E-state index contributed by atoms with van der Waals surface area (Å²) in [5, 5.41) is 8.68. The molecule has 5 rings (SSSR count). The third-order valence-corrected chi connectivity index (χ3v) is 4.83. The van der Waals surface area contributed by atoms with Crippen LogP contribution in [0.25, 0.3) is 33.6 Å². The minimum atomic E-state index is -2.14. The summed E-state index contributed by atoms with van der Waals surface area (Å²) in [5.74, 6) is 0. The number of nitrogens with zero attached hydrogens (tertiary/aromatic N) is 3. The largest absolute Gasteiger partial charge is 0.305 e.